The van der Waals surface area contributed by atoms with Gasteiger partial charge in [-0.05, 0) is 12.1 Å². The number of nitro groups is 1. The van der Waals surface area contributed by atoms with Gasteiger partial charge in [0.25, 0.3) is 11.6 Å². The van der Waals surface area contributed by atoms with Gasteiger partial charge in [0.15, 0.2) is 5.82 Å². The molecule has 1 aromatic heterocycles. The minimum absolute atomic E-state index is 0.0591. The highest BCUT2D eigenvalue weighted by Gasteiger charge is 2.19. The second-order valence-electron chi connectivity index (χ2n) is 5.22. The lowest BCUT2D eigenvalue weighted by Crippen LogP contribution is -2.14. The van der Waals surface area contributed by atoms with Crippen LogP contribution in [0.2, 0.25) is 0 Å². The van der Waals surface area contributed by atoms with E-state index in [9.17, 15) is 19.3 Å². The summed E-state index contributed by atoms with van der Waals surface area (Å²) in [5, 5.41) is 17.6. The van der Waals surface area contributed by atoms with Crippen molar-refractivity contribution in [3.8, 4) is 0 Å². The fourth-order valence-electron chi connectivity index (χ4n) is 2.33. The summed E-state index contributed by atoms with van der Waals surface area (Å²) in [5.41, 5.74) is 0.115. The Morgan fingerprint density at radius 2 is 1.88 bits per heavy atom. The lowest BCUT2D eigenvalue weighted by Gasteiger charge is -2.04. The van der Waals surface area contributed by atoms with Crippen molar-refractivity contribution in [3.05, 3.63) is 87.9 Å². The Morgan fingerprint density at radius 3 is 2.64 bits per heavy atom. The number of amides is 1. The summed E-state index contributed by atoms with van der Waals surface area (Å²) in [7, 11) is 0. The van der Waals surface area contributed by atoms with Gasteiger partial charge in [-0.2, -0.15) is 5.10 Å². The maximum atomic E-state index is 13.7. The molecular weight excluding hydrogens is 327 g/mol. The van der Waals surface area contributed by atoms with Crippen LogP contribution in [0.3, 0.4) is 0 Å². The Morgan fingerprint density at radius 1 is 1.16 bits per heavy atom. The standard InChI is InChI=1S/C17H13FN4O3/c18-14-7-3-1-5-12(14)11-21-10-9-16(20-21)19-17(23)13-6-2-4-8-15(13)22(24)25/h1-10H,11H2,(H,19,20,23). The van der Waals surface area contributed by atoms with Gasteiger partial charge in [-0.25, -0.2) is 4.39 Å². The Balaban J connectivity index is 1.75. The van der Waals surface area contributed by atoms with Crippen molar-refractivity contribution in [1.82, 2.24) is 9.78 Å². The number of hydrogen-bond acceptors (Lipinski definition) is 4. The van der Waals surface area contributed by atoms with Crippen molar-refractivity contribution in [2.24, 2.45) is 0 Å². The summed E-state index contributed by atoms with van der Waals surface area (Å²) in [6.45, 7) is 0.202. The van der Waals surface area contributed by atoms with Crippen LogP contribution in [0.5, 0.6) is 0 Å². The molecule has 8 heteroatoms. The molecule has 0 aliphatic heterocycles. The van der Waals surface area contributed by atoms with Crippen LogP contribution in [0.1, 0.15) is 15.9 Å². The molecule has 1 N–H and O–H groups in total. The molecule has 126 valence electrons. The molecule has 7 nitrogen and oxygen atoms in total. The average Bonchev–Trinajstić information content (AvgIpc) is 3.04. The fraction of sp³-hybridized carbons (Fsp3) is 0.0588. The van der Waals surface area contributed by atoms with Crippen LogP contribution in [0.15, 0.2) is 60.8 Å². The second-order valence-corrected chi connectivity index (χ2v) is 5.22. The third-order valence-corrected chi connectivity index (χ3v) is 3.52. The summed E-state index contributed by atoms with van der Waals surface area (Å²) >= 11 is 0. The first-order valence-electron chi connectivity index (χ1n) is 7.36. The molecule has 25 heavy (non-hydrogen) atoms. The minimum Gasteiger partial charge on any atom is -0.305 e. The number of carbonyl (C=O) groups is 1. The van der Waals surface area contributed by atoms with Gasteiger partial charge in [0.05, 0.1) is 11.5 Å². The number of rotatable bonds is 5. The van der Waals surface area contributed by atoms with E-state index in [0.717, 1.165) is 0 Å². The molecule has 0 bridgehead atoms. The molecule has 0 radical (unpaired) electrons. The van der Waals surface area contributed by atoms with E-state index in [4.69, 9.17) is 0 Å². The van der Waals surface area contributed by atoms with Crippen molar-refractivity contribution >= 4 is 17.4 Å². The Hall–Kier alpha value is -3.55. The molecule has 3 rings (SSSR count). The first-order chi connectivity index (χ1) is 12.0. The third-order valence-electron chi connectivity index (χ3n) is 3.52. The van der Waals surface area contributed by atoms with E-state index in [1.165, 1.54) is 35.0 Å². The number of nitrogens with zero attached hydrogens (tertiary/aromatic N) is 3. The number of aromatic nitrogens is 2. The Bertz CT molecular complexity index is 939. The molecule has 0 aliphatic carbocycles. The van der Waals surface area contributed by atoms with E-state index >= 15 is 0 Å². The van der Waals surface area contributed by atoms with Crippen molar-refractivity contribution in [2.45, 2.75) is 6.54 Å². The van der Waals surface area contributed by atoms with Gasteiger partial charge in [-0.15, -0.1) is 0 Å². The van der Waals surface area contributed by atoms with E-state index in [1.54, 1.807) is 30.5 Å². The van der Waals surface area contributed by atoms with Crippen LogP contribution in [-0.4, -0.2) is 20.6 Å². The average molecular weight is 340 g/mol. The fourth-order valence-corrected chi connectivity index (χ4v) is 2.33. The molecule has 0 saturated heterocycles. The highest BCUT2D eigenvalue weighted by atomic mass is 19.1. The molecule has 0 spiro atoms. The topological polar surface area (TPSA) is 90.1 Å². The highest BCUT2D eigenvalue weighted by Crippen LogP contribution is 2.19. The van der Waals surface area contributed by atoms with E-state index in [1.807, 2.05) is 0 Å². The summed E-state index contributed by atoms with van der Waals surface area (Å²) in [6, 6.07) is 13.5. The minimum atomic E-state index is -0.636. The number of hydrogen-bond donors (Lipinski definition) is 1. The lowest BCUT2D eigenvalue weighted by atomic mass is 10.1. The van der Waals surface area contributed by atoms with Crippen molar-refractivity contribution < 1.29 is 14.1 Å². The van der Waals surface area contributed by atoms with Gasteiger partial charge >= 0.3 is 0 Å². The predicted molar refractivity (Wildman–Crippen MR) is 88.8 cm³/mol. The van der Waals surface area contributed by atoms with Crippen LogP contribution in [-0.2, 0) is 6.54 Å². The van der Waals surface area contributed by atoms with E-state index < -0.39 is 10.8 Å². The first-order valence-corrected chi connectivity index (χ1v) is 7.36. The molecule has 0 fully saturated rings. The van der Waals surface area contributed by atoms with Crippen LogP contribution < -0.4 is 5.32 Å². The number of benzene rings is 2. The Labute approximate surface area is 141 Å². The Kier molecular flexibility index (Phi) is 4.51. The normalized spacial score (nSPS) is 10.4. The van der Waals surface area contributed by atoms with Gasteiger partial charge in [0, 0.05) is 23.9 Å². The zero-order valence-electron chi connectivity index (χ0n) is 12.9. The van der Waals surface area contributed by atoms with Gasteiger partial charge in [-0.1, -0.05) is 30.3 Å². The summed E-state index contributed by atoms with van der Waals surface area (Å²) < 4.78 is 15.1. The lowest BCUT2D eigenvalue weighted by molar-refractivity contribution is -0.385. The summed E-state index contributed by atoms with van der Waals surface area (Å²) in [5.74, 6) is -0.758. The monoisotopic (exact) mass is 340 g/mol. The molecule has 0 unspecified atom stereocenters. The van der Waals surface area contributed by atoms with Gasteiger partial charge in [0.1, 0.15) is 11.4 Å². The quantitative estimate of drug-likeness (QED) is 0.570. The zero-order chi connectivity index (χ0) is 17.8. The van der Waals surface area contributed by atoms with Gasteiger partial charge in [-0.3, -0.25) is 19.6 Å². The number of halogens is 1. The second kappa shape index (κ2) is 6.91. The van der Waals surface area contributed by atoms with Gasteiger partial charge < -0.3 is 5.32 Å². The summed E-state index contributed by atoms with van der Waals surface area (Å²) in [4.78, 5) is 22.6. The largest absolute Gasteiger partial charge is 0.305 e. The van der Waals surface area contributed by atoms with Crippen molar-refractivity contribution in [1.29, 1.82) is 0 Å². The molecule has 0 aliphatic rings. The van der Waals surface area contributed by atoms with Crippen LogP contribution in [0.25, 0.3) is 0 Å². The van der Waals surface area contributed by atoms with E-state index in [-0.39, 0.29) is 29.4 Å². The van der Waals surface area contributed by atoms with E-state index in [2.05, 4.69) is 10.4 Å². The molecule has 0 atom stereocenters. The van der Waals surface area contributed by atoms with E-state index in [0.29, 0.717) is 5.56 Å². The maximum absolute atomic E-state index is 13.7. The number of nitrogens with one attached hydrogen (secondary N) is 1. The molecule has 1 amide bonds. The SMILES string of the molecule is O=C(Nc1ccn(Cc2ccccc2F)n1)c1ccccc1[N+](=O)[O-]. The number of nitro benzene ring substituents is 1. The van der Waals surface area contributed by atoms with Crippen LogP contribution in [0.4, 0.5) is 15.9 Å². The predicted octanol–water partition coefficient (Wildman–Crippen LogP) is 3.23. The number of carbonyl (C=O) groups excluding carboxylic acids is 1. The molecule has 1 heterocycles. The van der Waals surface area contributed by atoms with Crippen molar-refractivity contribution in [2.75, 3.05) is 5.32 Å². The number of para-hydroxylation sites is 1. The first kappa shape index (κ1) is 16.3. The highest BCUT2D eigenvalue weighted by molar-refractivity contribution is 6.06. The molecular formula is C17H13FN4O3. The number of anilines is 1. The third kappa shape index (κ3) is 3.69. The summed E-state index contributed by atoms with van der Waals surface area (Å²) in [6.07, 6.45) is 1.58. The van der Waals surface area contributed by atoms with Gasteiger partial charge in [0.2, 0.25) is 0 Å². The van der Waals surface area contributed by atoms with Crippen LogP contribution >= 0.6 is 0 Å². The van der Waals surface area contributed by atoms with Crippen molar-refractivity contribution in [3.63, 3.8) is 0 Å². The maximum Gasteiger partial charge on any atom is 0.282 e. The molecule has 3 aromatic rings. The molecule has 0 saturated carbocycles. The smallest absolute Gasteiger partial charge is 0.282 e. The van der Waals surface area contributed by atoms with Crippen LogP contribution in [0, 0.1) is 15.9 Å². The zero-order valence-corrected chi connectivity index (χ0v) is 12.9. The molecule has 2 aromatic carbocycles.